The van der Waals surface area contributed by atoms with Gasteiger partial charge in [0.05, 0.1) is 6.10 Å². The Morgan fingerprint density at radius 1 is 1.58 bits per heavy atom. The smallest absolute Gasteiger partial charge is 0.170 e. The summed E-state index contributed by atoms with van der Waals surface area (Å²) in [5, 5.41) is 0. The van der Waals surface area contributed by atoms with Crippen molar-refractivity contribution in [3.05, 3.63) is 0 Å². The highest BCUT2D eigenvalue weighted by Gasteiger charge is 2.51. The van der Waals surface area contributed by atoms with Gasteiger partial charge < -0.3 is 9.47 Å². The van der Waals surface area contributed by atoms with Gasteiger partial charge in [0, 0.05) is 12.8 Å². The molecule has 3 atom stereocenters. The van der Waals surface area contributed by atoms with Crippen LogP contribution in [0.2, 0.25) is 0 Å². The Morgan fingerprint density at radius 3 is 3.00 bits per heavy atom. The molecule has 2 saturated heterocycles. The summed E-state index contributed by atoms with van der Waals surface area (Å²) in [6.45, 7) is 3.94. The minimum absolute atomic E-state index is 0.0556. The number of rotatable bonds is 1. The second kappa shape index (κ2) is 2.54. The molecule has 2 fully saturated rings. The molecule has 68 valence electrons. The van der Waals surface area contributed by atoms with E-state index in [4.69, 9.17) is 9.47 Å². The molecule has 0 spiro atoms. The minimum atomic E-state index is -0.433. The maximum atomic E-state index is 11.3. The van der Waals surface area contributed by atoms with Gasteiger partial charge in [-0.2, -0.15) is 0 Å². The molecule has 0 amide bonds. The van der Waals surface area contributed by atoms with E-state index >= 15 is 0 Å². The number of hydrogen-bond acceptors (Lipinski definition) is 3. The van der Waals surface area contributed by atoms with Crippen LogP contribution in [0, 0.1) is 0 Å². The quantitative estimate of drug-likeness (QED) is 0.594. The summed E-state index contributed by atoms with van der Waals surface area (Å²) in [6.07, 6.45) is 1.83. The van der Waals surface area contributed by atoms with Gasteiger partial charge in [0.15, 0.2) is 11.6 Å². The Bertz CT molecular complexity index is 214. The average molecular weight is 170 g/mol. The van der Waals surface area contributed by atoms with E-state index < -0.39 is 5.79 Å². The standard InChI is InChI=1S/C9H14O3/c1-3-9-5-4-7(10)8(12-9)6(2)11-9/h6,8H,3-5H2,1-2H3/t6-,8+,9+/m0/s1. The number of carbonyl (C=O) groups excluding carboxylic acids is 1. The van der Waals surface area contributed by atoms with E-state index in [0.717, 1.165) is 12.8 Å². The predicted octanol–water partition coefficient (Wildman–Crippen LogP) is 1.26. The fraction of sp³-hybridized carbons (Fsp3) is 0.889. The van der Waals surface area contributed by atoms with Gasteiger partial charge in [-0.05, 0) is 13.3 Å². The molecular weight excluding hydrogens is 156 g/mol. The van der Waals surface area contributed by atoms with Gasteiger partial charge in [-0.15, -0.1) is 0 Å². The van der Waals surface area contributed by atoms with E-state index in [1.54, 1.807) is 0 Å². The van der Waals surface area contributed by atoms with Crippen LogP contribution >= 0.6 is 0 Å². The van der Waals surface area contributed by atoms with Crippen LogP contribution in [0.3, 0.4) is 0 Å². The summed E-state index contributed by atoms with van der Waals surface area (Å²) in [6, 6.07) is 0. The summed E-state index contributed by atoms with van der Waals surface area (Å²) < 4.78 is 11.2. The van der Waals surface area contributed by atoms with Crippen LogP contribution in [-0.4, -0.2) is 23.8 Å². The van der Waals surface area contributed by atoms with Crippen LogP contribution in [0.4, 0.5) is 0 Å². The second-order valence-electron chi connectivity index (χ2n) is 3.59. The normalized spacial score (nSPS) is 46.7. The third-order valence-corrected chi connectivity index (χ3v) is 2.78. The Balaban J connectivity index is 2.22. The van der Waals surface area contributed by atoms with Gasteiger partial charge in [-0.3, -0.25) is 4.79 Å². The lowest BCUT2D eigenvalue weighted by atomic mass is 9.99. The van der Waals surface area contributed by atoms with Crippen molar-refractivity contribution in [3.63, 3.8) is 0 Å². The Kier molecular flexibility index (Phi) is 1.73. The van der Waals surface area contributed by atoms with E-state index in [1.165, 1.54) is 0 Å². The highest BCUT2D eigenvalue weighted by atomic mass is 16.8. The van der Waals surface area contributed by atoms with E-state index in [2.05, 4.69) is 0 Å². The van der Waals surface area contributed by atoms with Crippen molar-refractivity contribution in [1.29, 1.82) is 0 Å². The number of ketones is 1. The molecule has 0 unspecified atom stereocenters. The van der Waals surface area contributed by atoms with Crippen LogP contribution < -0.4 is 0 Å². The molecule has 2 bridgehead atoms. The molecule has 3 heteroatoms. The van der Waals surface area contributed by atoms with E-state index in [-0.39, 0.29) is 18.0 Å². The zero-order valence-corrected chi connectivity index (χ0v) is 7.50. The second-order valence-corrected chi connectivity index (χ2v) is 3.59. The molecule has 12 heavy (non-hydrogen) atoms. The first-order valence-electron chi connectivity index (χ1n) is 4.55. The third kappa shape index (κ3) is 1.00. The molecule has 0 N–H and O–H groups in total. The van der Waals surface area contributed by atoms with Crippen molar-refractivity contribution in [2.45, 2.75) is 51.1 Å². The fourth-order valence-corrected chi connectivity index (χ4v) is 2.00. The summed E-state index contributed by atoms with van der Waals surface area (Å²) in [7, 11) is 0. The number of Topliss-reactive ketones (excluding diaryl/α,β-unsaturated/α-hetero) is 1. The van der Waals surface area contributed by atoms with Crippen LogP contribution in [0.15, 0.2) is 0 Å². The SMILES string of the molecule is CC[C@]12CCC(=O)[C@H](O1)[C@H](C)O2. The van der Waals surface area contributed by atoms with E-state index in [9.17, 15) is 4.79 Å². The average Bonchev–Trinajstić information content (AvgIpc) is 2.35. The minimum Gasteiger partial charge on any atom is -0.344 e. The molecule has 0 aliphatic carbocycles. The van der Waals surface area contributed by atoms with E-state index in [0.29, 0.717) is 6.42 Å². The lowest BCUT2D eigenvalue weighted by Crippen LogP contribution is -2.38. The molecule has 2 aliphatic heterocycles. The molecule has 0 aromatic carbocycles. The summed E-state index contributed by atoms with van der Waals surface area (Å²) in [5.74, 6) is -0.234. The zero-order chi connectivity index (χ0) is 8.77. The number of fused-ring (bicyclic) bond motifs is 2. The monoisotopic (exact) mass is 170 g/mol. The van der Waals surface area contributed by atoms with Crippen LogP contribution in [-0.2, 0) is 14.3 Å². The lowest BCUT2D eigenvalue weighted by molar-refractivity contribution is -0.195. The molecule has 2 rings (SSSR count). The third-order valence-electron chi connectivity index (χ3n) is 2.78. The van der Waals surface area contributed by atoms with Gasteiger partial charge >= 0.3 is 0 Å². The summed E-state index contributed by atoms with van der Waals surface area (Å²) >= 11 is 0. The predicted molar refractivity (Wildman–Crippen MR) is 42.7 cm³/mol. The van der Waals surface area contributed by atoms with Gasteiger partial charge in [-0.1, -0.05) is 6.92 Å². The first kappa shape index (κ1) is 8.20. The fourth-order valence-electron chi connectivity index (χ4n) is 2.00. The largest absolute Gasteiger partial charge is 0.344 e. The molecule has 0 radical (unpaired) electrons. The molecular formula is C9H14O3. The van der Waals surface area contributed by atoms with Crippen LogP contribution in [0.25, 0.3) is 0 Å². The van der Waals surface area contributed by atoms with Crippen molar-refractivity contribution in [1.82, 2.24) is 0 Å². The van der Waals surface area contributed by atoms with Gasteiger partial charge in [0.2, 0.25) is 0 Å². The number of carbonyl (C=O) groups is 1. The summed E-state index contributed by atoms with van der Waals surface area (Å²) in [5.41, 5.74) is 0. The number of ether oxygens (including phenoxy) is 2. The van der Waals surface area contributed by atoms with Gasteiger partial charge in [-0.25, -0.2) is 0 Å². The molecule has 3 nitrogen and oxygen atoms in total. The topological polar surface area (TPSA) is 35.5 Å². The molecule has 0 saturated carbocycles. The number of hydrogen-bond donors (Lipinski definition) is 0. The highest BCUT2D eigenvalue weighted by Crippen LogP contribution is 2.40. The van der Waals surface area contributed by atoms with Crippen molar-refractivity contribution < 1.29 is 14.3 Å². The van der Waals surface area contributed by atoms with Crippen LogP contribution in [0.5, 0.6) is 0 Å². The molecule has 2 heterocycles. The van der Waals surface area contributed by atoms with Gasteiger partial charge in [0.25, 0.3) is 0 Å². The van der Waals surface area contributed by atoms with Crippen molar-refractivity contribution in [2.75, 3.05) is 0 Å². The molecule has 2 aliphatic rings. The van der Waals surface area contributed by atoms with Gasteiger partial charge in [0.1, 0.15) is 6.10 Å². The van der Waals surface area contributed by atoms with Crippen molar-refractivity contribution in [3.8, 4) is 0 Å². The molecule has 0 aromatic heterocycles. The maximum absolute atomic E-state index is 11.3. The van der Waals surface area contributed by atoms with E-state index in [1.807, 2.05) is 13.8 Å². The van der Waals surface area contributed by atoms with Crippen molar-refractivity contribution >= 4 is 5.78 Å². The first-order valence-corrected chi connectivity index (χ1v) is 4.55. The lowest BCUT2D eigenvalue weighted by Gasteiger charge is -2.29. The van der Waals surface area contributed by atoms with Crippen molar-refractivity contribution in [2.24, 2.45) is 0 Å². The Hall–Kier alpha value is -0.410. The Morgan fingerprint density at radius 2 is 2.33 bits per heavy atom. The molecule has 0 aromatic rings. The maximum Gasteiger partial charge on any atom is 0.170 e. The highest BCUT2D eigenvalue weighted by molar-refractivity contribution is 5.84. The summed E-state index contributed by atoms with van der Waals surface area (Å²) in [4.78, 5) is 11.3. The first-order chi connectivity index (χ1) is 5.67. The Labute approximate surface area is 72.0 Å². The van der Waals surface area contributed by atoms with Crippen LogP contribution in [0.1, 0.15) is 33.1 Å². The zero-order valence-electron chi connectivity index (χ0n) is 7.50.